The average molecular weight is 393 g/mol. The van der Waals surface area contributed by atoms with Crippen molar-refractivity contribution in [3.05, 3.63) is 36.7 Å². The van der Waals surface area contributed by atoms with E-state index in [-0.39, 0.29) is 5.92 Å². The van der Waals surface area contributed by atoms with Gasteiger partial charge in [-0.2, -0.15) is 0 Å². The van der Waals surface area contributed by atoms with Crippen molar-refractivity contribution < 1.29 is 9.53 Å². The lowest BCUT2D eigenvalue weighted by Crippen LogP contribution is -2.25. The fourth-order valence-corrected chi connectivity index (χ4v) is 3.05. The van der Waals surface area contributed by atoms with Crippen LogP contribution < -0.4 is 4.74 Å². The molecule has 0 amide bonds. The van der Waals surface area contributed by atoms with Gasteiger partial charge in [0, 0.05) is 23.7 Å². The number of esters is 1. The summed E-state index contributed by atoms with van der Waals surface area (Å²) in [6.45, 7) is 5.96. The highest BCUT2D eigenvalue weighted by atomic mass is 35.5. The van der Waals surface area contributed by atoms with Crippen LogP contribution in [0.25, 0.3) is 11.1 Å². The van der Waals surface area contributed by atoms with Crippen LogP contribution in [-0.4, -0.2) is 27.1 Å². The van der Waals surface area contributed by atoms with Gasteiger partial charge in [0.05, 0.1) is 0 Å². The number of aromatic nitrogens is 2. The zero-order chi connectivity index (χ0) is 18.9. The summed E-state index contributed by atoms with van der Waals surface area (Å²) in [6.07, 6.45) is 7.29. The van der Waals surface area contributed by atoms with Crippen LogP contribution in [0.5, 0.6) is 5.75 Å². The van der Waals surface area contributed by atoms with Gasteiger partial charge in [-0.05, 0) is 30.0 Å². The van der Waals surface area contributed by atoms with Crippen LogP contribution >= 0.6 is 23.4 Å². The number of hydrogen-bond donors (Lipinski definition) is 0. The van der Waals surface area contributed by atoms with Gasteiger partial charge in [-0.1, -0.05) is 57.5 Å². The summed E-state index contributed by atoms with van der Waals surface area (Å²) < 4.78 is 5.31. The van der Waals surface area contributed by atoms with Crippen molar-refractivity contribution in [3.8, 4) is 16.9 Å². The summed E-state index contributed by atoms with van der Waals surface area (Å²) >= 11 is 7.70. The largest absolute Gasteiger partial charge is 0.425 e. The normalized spacial score (nSPS) is 12.2. The number of hydrogen-bond acceptors (Lipinski definition) is 5. The van der Waals surface area contributed by atoms with Crippen molar-refractivity contribution in [2.75, 3.05) is 5.75 Å². The number of nitrogens with zero attached hydrogens (tertiary/aromatic N) is 2. The van der Waals surface area contributed by atoms with E-state index in [0.717, 1.165) is 22.0 Å². The Morgan fingerprint density at radius 1 is 1.12 bits per heavy atom. The Balaban J connectivity index is 1.94. The number of halogens is 1. The maximum Gasteiger partial charge on any atom is 0.329 e. The lowest BCUT2D eigenvalue weighted by molar-refractivity contribution is -0.134. The van der Waals surface area contributed by atoms with Crippen molar-refractivity contribution in [1.82, 2.24) is 9.97 Å². The van der Waals surface area contributed by atoms with Crippen LogP contribution in [0.15, 0.2) is 41.8 Å². The molecule has 2 aromatic rings. The molecule has 2 rings (SSSR count). The van der Waals surface area contributed by atoms with Crippen LogP contribution in [0, 0.1) is 5.92 Å². The molecule has 0 aliphatic heterocycles. The van der Waals surface area contributed by atoms with Gasteiger partial charge < -0.3 is 4.74 Å². The summed E-state index contributed by atoms with van der Waals surface area (Å²) in [7, 11) is 0. The fraction of sp³-hybridized carbons (Fsp3) is 0.450. The van der Waals surface area contributed by atoms with Gasteiger partial charge >= 0.3 is 5.97 Å². The maximum atomic E-state index is 11.9. The van der Waals surface area contributed by atoms with Crippen LogP contribution in [0.4, 0.5) is 0 Å². The zero-order valence-electron chi connectivity index (χ0n) is 15.4. The third-order valence-electron chi connectivity index (χ3n) is 3.82. The smallest absolute Gasteiger partial charge is 0.329 e. The van der Waals surface area contributed by atoms with Crippen molar-refractivity contribution in [1.29, 1.82) is 0 Å². The third kappa shape index (κ3) is 6.29. The van der Waals surface area contributed by atoms with E-state index in [1.54, 1.807) is 23.9 Å². The lowest BCUT2D eigenvalue weighted by atomic mass is 10.1. The second-order valence-corrected chi connectivity index (χ2v) is 7.93. The van der Waals surface area contributed by atoms with E-state index < -0.39 is 11.3 Å². The predicted octanol–water partition coefficient (Wildman–Crippen LogP) is 5.59. The first kappa shape index (κ1) is 20.7. The fourth-order valence-electron chi connectivity index (χ4n) is 2.22. The number of carbonyl (C=O) groups is 1. The molecular formula is C20H25ClN2O2S. The van der Waals surface area contributed by atoms with Gasteiger partial charge in [0.15, 0.2) is 5.16 Å². The Hall–Kier alpha value is -1.59. The van der Waals surface area contributed by atoms with Crippen molar-refractivity contribution >= 4 is 29.3 Å². The molecule has 0 radical (unpaired) electrons. The van der Waals surface area contributed by atoms with E-state index in [9.17, 15) is 4.79 Å². The van der Waals surface area contributed by atoms with Crippen molar-refractivity contribution in [2.45, 2.75) is 50.6 Å². The first-order chi connectivity index (χ1) is 12.5. The van der Waals surface area contributed by atoms with Crippen LogP contribution in [-0.2, 0) is 4.79 Å². The molecule has 0 saturated heterocycles. The van der Waals surface area contributed by atoms with E-state index in [1.807, 2.05) is 38.4 Å². The molecule has 0 aliphatic rings. The molecule has 1 aromatic heterocycles. The van der Waals surface area contributed by atoms with E-state index in [1.165, 1.54) is 19.3 Å². The number of carbonyl (C=O) groups excluding carboxylic acids is 1. The van der Waals surface area contributed by atoms with E-state index >= 15 is 0 Å². The molecule has 0 bridgehead atoms. The molecule has 6 heteroatoms. The minimum absolute atomic E-state index is 0.0268. The molecule has 0 saturated carbocycles. The molecule has 26 heavy (non-hydrogen) atoms. The number of thioether (sulfide) groups is 1. The van der Waals surface area contributed by atoms with Gasteiger partial charge in [0.2, 0.25) is 0 Å². The molecule has 4 nitrogen and oxygen atoms in total. The highest BCUT2D eigenvalue weighted by molar-refractivity contribution is 7.99. The number of benzene rings is 1. The first-order valence-electron chi connectivity index (χ1n) is 8.92. The SMILES string of the molecule is CCCCCSc1ncc(-c2ccc(OC(=O)[C@@H](Cl)C(C)C)cc2)cn1. The Bertz CT molecular complexity index is 690. The Kier molecular flexibility index (Phi) is 8.39. The Morgan fingerprint density at radius 3 is 2.35 bits per heavy atom. The zero-order valence-corrected chi connectivity index (χ0v) is 17.0. The minimum atomic E-state index is -0.648. The highest BCUT2D eigenvalue weighted by Gasteiger charge is 2.21. The van der Waals surface area contributed by atoms with Gasteiger partial charge in [-0.3, -0.25) is 4.79 Å². The topological polar surface area (TPSA) is 52.1 Å². The second kappa shape index (κ2) is 10.5. The lowest BCUT2D eigenvalue weighted by Gasteiger charge is -2.12. The van der Waals surface area contributed by atoms with Crippen LogP contribution in [0.2, 0.25) is 0 Å². The molecule has 0 N–H and O–H groups in total. The number of ether oxygens (including phenoxy) is 1. The Labute approximate surface area is 164 Å². The molecule has 1 atom stereocenters. The summed E-state index contributed by atoms with van der Waals surface area (Å²) in [4.78, 5) is 20.7. The standard InChI is InChI=1S/C20H25ClN2O2S/c1-4-5-6-11-26-20-22-12-16(13-23-20)15-7-9-17(10-8-15)25-19(24)18(21)14(2)3/h7-10,12-14,18H,4-6,11H2,1-3H3/t18-/m0/s1. The molecule has 0 unspecified atom stereocenters. The summed E-state index contributed by atoms with van der Waals surface area (Å²) in [6, 6.07) is 7.27. The second-order valence-electron chi connectivity index (χ2n) is 6.40. The molecular weight excluding hydrogens is 368 g/mol. The monoisotopic (exact) mass is 392 g/mol. The highest BCUT2D eigenvalue weighted by Crippen LogP contribution is 2.24. The van der Waals surface area contributed by atoms with E-state index in [0.29, 0.717) is 5.75 Å². The summed E-state index contributed by atoms with van der Waals surface area (Å²) in [5, 5.41) is 0.155. The number of alkyl halides is 1. The van der Waals surface area contributed by atoms with Crippen molar-refractivity contribution in [3.63, 3.8) is 0 Å². The van der Waals surface area contributed by atoms with Crippen LogP contribution in [0.3, 0.4) is 0 Å². The quantitative estimate of drug-likeness (QED) is 0.139. The van der Waals surface area contributed by atoms with E-state index in [2.05, 4.69) is 16.9 Å². The predicted molar refractivity (Wildman–Crippen MR) is 108 cm³/mol. The van der Waals surface area contributed by atoms with Gasteiger partial charge in [0.25, 0.3) is 0 Å². The van der Waals surface area contributed by atoms with Gasteiger partial charge in [0.1, 0.15) is 11.1 Å². The first-order valence-corrected chi connectivity index (χ1v) is 10.3. The molecule has 0 aliphatic carbocycles. The van der Waals surface area contributed by atoms with E-state index in [4.69, 9.17) is 16.3 Å². The average Bonchev–Trinajstić information content (AvgIpc) is 2.65. The third-order valence-corrected chi connectivity index (χ3v) is 5.47. The number of rotatable bonds is 9. The number of unbranched alkanes of at least 4 members (excludes halogenated alkanes) is 2. The molecule has 0 fully saturated rings. The molecule has 1 heterocycles. The van der Waals surface area contributed by atoms with Gasteiger partial charge in [-0.25, -0.2) is 9.97 Å². The van der Waals surface area contributed by atoms with Crippen LogP contribution in [0.1, 0.15) is 40.0 Å². The van der Waals surface area contributed by atoms with Gasteiger partial charge in [-0.15, -0.1) is 11.6 Å². The Morgan fingerprint density at radius 2 is 1.77 bits per heavy atom. The molecule has 140 valence electrons. The molecule has 1 aromatic carbocycles. The molecule has 0 spiro atoms. The summed E-state index contributed by atoms with van der Waals surface area (Å²) in [5.41, 5.74) is 1.90. The maximum absolute atomic E-state index is 11.9. The summed E-state index contributed by atoms with van der Waals surface area (Å²) in [5.74, 6) is 1.13. The minimum Gasteiger partial charge on any atom is -0.425 e. The van der Waals surface area contributed by atoms with Crippen molar-refractivity contribution in [2.24, 2.45) is 5.92 Å².